The molecular formula is C25H28F2N6O4. The number of carbonyl (C=O) groups is 2. The third kappa shape index (κ3) is 5.27. The fourth-order valence-electron chi connectivity index (χ4n) is 4.78. The molecule has 0 bridgehead atoms. The summed E-state index contributed by atoms with van der Waals surface area (Å²) in [6, 6.07) is 7.45. The summed E-state index contributed by atoms with van der Waals surface area (Å²) in [6.45, 7) is 2.69. The number of H-pyrrole nitrogens is 1. The van der Waals surface area contributed by atoms with Crippen molar-refractivity contribution < 1.29 is 27.8 Å². The number of benzene rings is 1. The molecule has 1 aromatic carbocycles. The molecule has 2 aromatic heterocycles. The minimum absolute atomic E-state index is 0.161. The predicted molar refractivity (Wildman–Crippen MR) is 132 cm³/mol. The van der Waals surface area contributed by atoms with Gasteiger partial charge in [0.25, 0.3) is 0 Å². The summed E-state index contributed by atoms with van der Waals surface area (Å²) in [7, 11) is 1.26. The van der Waals surface area contributed by atoms with Gasteiger partial charge in [-0.3, -0.25) is 5.32 Å². The zero-order valence-electron chi connectivity index (χ0n) is 20.6. The number of fused-ring (bicyclic) bond motifs is 2. The van der Waals surface area contributed by atoms with Crippen LogP contribution in [0.2, 0.25) is 0 Å². The van der Waals surface area contributed by atoms with Crippen LogP contribution in [0, 0.1) is 5.92 Å². The van der Waals surface area contributed by atoms with E-state index >= 15 is 0 Å². The number of carbonyl (C=O) groups excluding carboxylic acids is 2. The van der Waals surface area contributed by atoms with Crippen LogP contribution in [0.15, 0.2) is 30.5 Å². The van der Waals surface area contributed by atoms with Crippen LogP contribution in [0.3, 0.4) is 0 Å². The maximum atomic E-state index is 13.7. The molecule has 196 valence electrons. The topological polar surface area (TPSA) is 113 Å². The first-order chi connectivity index (χ1) is 17.7. The number of halogens is 2. The first kappa shape index (κ1) is 24.7. The number of urea groups is 1. The maximum absolute atomic E-state index is 13.7. The minimum Gasteiger partial charge on any atom is -0.491 e. The van der Waals surface area contributed by atoms with Gasteiger partial charge in [0, 0.05) is 36.3 Å². The molecular weight excluding hydrogens is 486 g/mol. The zero-order chi connectivity index (χ0) is 26.2. The van der Waals surface area contributed by atoms with Crippen LogP contribution in [0.1, 0.15) is 25.3 Å². The highest BCUT2D eigenvalue weighted by atomic mass is 19.3. The second kappa shape index (κ2) is 9.83. The van der Waals surface area contributed by atoms with Crippen LogP contribution in [0.4, 0.5) is 24.3 Å². The lowest BCUT2D eigenvalue weighted by Gasteiger charge is -2.37. The SMILES string of the molecule is COC(=O)Nc1nc2ncc(-c3ccc4c(c3)CN(C(=O)N3CCC(C(C)(F)F)CC3)CCO4)cc2[nH]1. The van der Waals surface area contributed by atoms with Crippen LogP contribution in [-0.4, -0.2) is 76.1 Å². The average molecular weight is 515 g/mol. The van der Waals surface area contributed by atoms with Gasteiger partial charge in [0.1, 0.15) is 12.4 Å². The second-order valence-corrected chi connectivity index (χ2v) is 9.39. The van der Waals surface area contributed by atoms with Gasteiger partial charge in [-0.15, -0.1) is 0 Å². The molecule has 2 aliphatic rings. The number of methoxy groups -OCH3 is 1. The lowest BCUT2D eigenvalue weighted by Crippen LogP contribution is -2.48. The summed E-state index contributed by atoms with van der Waals surface area (Å²) in [5.74, 6) is -2.50. The summed E-state index contributed by atoms with van der Waals surface area (Å²) in [4.78, 5) is 39.6. The molecule has 4 heterocycles. The number of hydrogen-bond acceptors (Lipinski definition) is 6. The summed E-state index contributed by atoms with van der Waals surface area (Å²) >= 11 is 0. The Morgan fingerprint density at radius 1 is 1.16 bits per heavy atom. The van der Waals surface area contributed by atoms with Crippen molar-refractivity contribution in [2.45, 2.75) is 32.2 Å². The Morgan fingerprint density at radius 2 is 1.95 bits per heavy atom. The summed E-state index contributed by atoms with van der Waals surface area (Å²) < 4.78 is 37.8. The Kier molecular flexibility index (Phi) is 6.57. The molecule has 0 radical (unpaired) electrons. The fraction of sp³-hybridized carbons (Fsp3) is 0.440. The van der Waals surface area contributed by atoms with Gasteiger partial charge in [0.2, 0.25) is 11.9 Å². The number of hydrogen-bond donors (Lipinski definition) is 2. The van der Waals surface area contributed by atoms with Crippen molar-refractivity contribution in [2.24, 2.45) is 5.92 Å². The van der Waals surface area contributed by atoms with Gasteiger partial charge >= 0.3 is 12.1 Å². The fourth-order valence-corrected chi connectivity index (χ4v) is 4.78. The number of amides is 3. The first-order valence-electron chi connectivity index (χ1n) is 12.1. The third-order valence-electron chi connectivity index (χ3n) is 6.87. The first-order valence-corrected chi connectivity index (χ1v) is 12.1. The standard InChI is InChI=1S/C25H28F2N6O4/c1-25(26,27)18-5-7-32(8-6-18)24(35)33-9-10-37-20-4-3-15(11-17(20)14-33)16-12-19-21(28-13-16)30-22(29-19)31-23(34)36-2/h3-4,11-13,18H,5-10,14H2,1-2H3,(H2,28,29,30,31,34). The summed E-state index contributed by atoms with van der Waals surface area (Å²) in [5.41, 5.74) is 3.60. The second-order valence-electron chi connectivity index (χ2n) is 9.39. The maximum Gasteiger partial charge on any atom is 0.413 e. The third-order valence-corrected chi connectivity index (χ3v) is 6.87. The van der Waals surface area contributed by atoms with Crippen LogP contribution in [0.5, 0.6) is 5.75 Å². The van der Waals surface area contributed by atoms with Crippen molar-refractivity contribution in [3.8, 4) is 16.9 Å². The molecule has 2 N–H and O–H groups in total. The molecule has 0 saturated carbocycles. The Bertz CT molecular complexity index is 1320. The van der Waals surface area contributed by atoms with Crippen molar-refractivity contribution >= 4 is 29.2 Å². The van der Waals surface area contributed by atoms with Crippen LogP contribution < -0.4 is 10.1 Å². The highest BCUT2D eigenvalue weighted by Crippen LogP contribution is 2.34. The quantitative estimate of drug-likeness (QED) is 0.533. The number of piperidine rings is 1. The number of nitrogens with zero attached hydrogens (tertiary/aromatic N) is 4. The van der Waals surface area contributed by atoms with E-state index in [1.54, 1.807) is 16.0 Å². The lowest BCUT2D eigenvalue weighted by atomic mass is 9.91. The molecule has 37 heavy (non-hydrogen) atoms. The van der Waals surface area contributed by atoms with E-state index in [0.29, 0.717) is 62.5 Å². The molecule has 0 aliphatic carbocycles. The molecule has 1 saturated heterocycles. The van der Waals surface area contributed by atoms with Crippen LogP contribution >= 0.6 is 0 Å². The monoisotopic (exact) mass is 514 g/mol. The molecule has 0 spiro atoms. The van der Waals surface area contributed by atoms with Crippen molar-refractivity contribution in [1.82, 2.24) is 24.8 Å². The average Bonchev–Trinajstić information content (AvgIpc) is 3.16. The molecule has 3 amide bonds. The highest BCUT2D eigenvalue weighted by molar-refractivity contribution is 5.86. The van der Waals surface area contributed by atoms with E-state index in [-0.39, 0.29) is 12.0 Å². The number of rotatable bonds is 3. The molecule has 12 heteroatoms. The Balaban J connectivity index is 1.32. The van der Waals surface area contributed by atoms with E-state index < -0.39 is 17.9 Å². The molecule has 3 aromatic rings. The number of ether oxygens (including phenoxy) is 2. The number of imidazole rings is 1. The van der Waals surface area contributed by atoms with Crippen molar-refractivity contribution in [3.63, 3.8) is 0 Å². The van der Waals surface area contributed by atoms with E-state index in [9.17, 15) is 18.4 Å². The van der Waals surface area contributed by atoms with Crippen molar-refractivity contribution in [1.29, 1.82) is 0 Å². The molecule has 2 aliphatic heterocycles. The number of aromatic amines is 1. The van der Waals surface area contributed by atoms with Gasteiger partial charge in [0.15, 0.2) is 5.65 Å². The van der Waals surface area contributed by atoms with Gasteiger partial charge in [-0.25, -0.2) is 23.4 Å². The highest BCUT2D eigenvalue weighted by Gasteiger charge is 2.38. The number of aromatic nitrogens is 3. The van der Waals surface area contributed by atoms with Crippen molar-refractivity contribution in [3.05, 3.63) is 36.0 Å². The van der Waals surface area contributed by atoms with E-state index in [1.165, 1.54) is 7.11 Å². The molecule has 5 rings (SSSR count). The number of nitrogens with one attached hydrogen (secondary N) is 2. The Labute approximate surface area is 212 Å². The smallest absolute Gasteiger partial charge is 0.413 e. The van der Waals surface area contributed by atoms with Crippen LogP contribution in [0.25, 0.3) is 22.3 Å². The minimum atomic E-state index is -2.73. The molecule has 0 unspecified atom stereocenters. The van der Waals surface area contributed by atoms with Crippen LogP contribution in [-0.2, 0) is 11.3 Å². The zero-order valence-corrected chi connectivity index (χ0v) is 20.6. The Morgan fingerprint density at radius 3 is 2.68 bits per heavy atom. The van der Waals surface area contributed by atoms with Gasteiger partial charge in [-0.1, -0.05) is 6.07 Å². The number of anilines is 1. The van der Waals surface area contributed by atoms with Gasteiger partial charge in [-0.05, 0) is 43.5 Å². The summed E-state index contributed by atoms with van der Waals surface area (Å²) in [6.07, 6.45) is 1.62. The van der Waals surface area contributed by atoms with E-state index in [0.717, 1.165) is 23.6 Å². The molecule has 1 fully saturated rings. The number of likely N-dealkylation sites (tertiary alicyclic amines) is 1. The van der Waals surface area contributed by atoms with E-state index in [4.69, 9.17) is 4.74 Å². The molecule has 10 nitrogen and oxygen atoms in total. The Hall–Kier alpha value is -3.96. The summed E-state index contributed by atoms with van der Waals surface area (Å²) in [5, 5.41) is 2.48. The van der Waals surface area contributed by atoms with Crippen molar-refractivity contribution in [2.75, 3.05) is 38.7 Å². The van der Waals surface area contributed by atoms with Gasteiger partial charge < -0.3 is 24.3 Å². The largest absolute Gasteiger partial charge is 0.491 e. The number of pyridine rings is 1. The number of alkyl halides is 2. The van der Waals surface area contributed by atoms with E-state index in [2.05, 4.69) is 25.0 Å². The molecule has 0 atom stereocenters. The lowest BCUT2D eigenvalue weighted by molar-refractivity contribution is -0.0594. The van der Waals surface area contributed by atoms with E-state index in [1.807, 2.05) is 24.3 Å². The van der Waals surface area contributed by atoms with Gasteiger partial charge in [-0.2, -0.15) is 4.98 Å². The van der Waals surface area contributed by atoms with Gasteiger partial charge in [0.05, 0.1) is 25.7 Å². The normalized spacial score (nSPS) is 16.6. The predicted octanol–water partition coefficient (Wildman–Crippen LogP) is 4.48.